The van der Waals surface area contributed by atoms with Crippen molar-refractivity contribution in [1.29, 1.82) is 0 Å². The fourth-order valence-electron chi connectivity index (χ4n) is 1.89. The SMILES string of the molecule is CCc1cn([C@@H]2CC[C@H](N)C2)nn1. The molecule has 1 aromatic heterocycles. The topological polar surface area (TPSA) is 56.7 Å². The highest BCUT2D eigenvalue weighted by molar-refractivity contribution is 4.94. The summed E-state index contributed by atoms with van der Waals surface area (Å²) in [4.78, 5) is 0. The fraction of sp³-hybridized carbons (Fsp3) is 0.778. The summed E-state index contributed by atoms with van der Waals surface area (Å²) in [6.45, 7) is 2.09. The number of nitrogens with zero attached hydrogens (tertiary/aromatic N) is 3. The molecule has 1 fully saturated rings. The third kappa shape index (κ3) is 1.72. The molecule has 2 N–H and O–H groups in total. The number of rotatable bonds is 2. The van der Waals surface area contributed by atoms with E-state index in [1.807, 2.05) is 10.9 Å². The summed E-state index contributed by atoms with van der Waals surface area (Å²) in [5.74, 6) is 0. The first-order chi connectivity index (χ1) is 6.29. The van der Waals surface area contributed by atoms with Crippen LogP contribution in [-0.4, -0.2) is 21.0 Å². The van der Waals surface area contributed by atoms with Gasteiger partial charge in [0.25, 0.3) is 0 Å². The number of aromatic nitrogens is 3. The van der Waals surface area contributed by atoms with Gasteiger partial charge in [-0.1, -0.05) is 12.1 Å². The van der Waals surface area contributed by atoms with E-state index in [2.05, 4.69) is 17.2 Å². The zero-order valence-electron chi connectivity index (χ0n) is 7.98. The second kappa shape index (κ2) is 3.46. The first-order valence-corrected chi connectivity index (χ1v) is 4.96. The highest BCUT2D eigenvalue weighted by atomic mass is 15.4. The van der Waals surface area contributed by atoms with Crippen LogP contribution in [0, 0.1) is 0 Å². The Morgan fingerprint density at radius 1 is 1.62 bits per heavy atom. The van der Waals surface area contributed by atoms with Crippen molar-refractivity contribution < 1.29 is 0 Å². The number of nitrogens with two attached hydrogens (primary N) is 1. The van der Waals surface area contributed by atoms with Crippen molar-refractivity contribution in [3.8, 4) is 0 Å². The molecule has 13 heavy (non-hydrogen) atoms. The summed E-state index contributed by atoms with van der Waals surface area (Å²) in [7, 11) is 0. The van der Waals surface area contributed by atoms with Crippen LogP contribution in [0.2, 0.25) is 0 Å². The smallest absolute Gasteiger partial charge is 0.0824 e. The van der Waals surface area contributed by atoms with Gasteiger partial charge in [-0.3, -0.25) is 0 Å². The highest BCUT2D eigenvalue weighted by Gasteiger charge is 2.23. The lowest BCUT2D eigenvalue weighted by atomic mass is 10.2. The lowest BCUT2D eigenvalue weighted by Gasteiger charge is -2.07. The number of hydrogen-bond donors (Lipinski definition) is 1. The normalized spacial score (nSPS) is 28.2. The Hall–Kier alpha value is -0.900. The maximum absolute atomic E-state index is 5.84. The molecule has 2 atom stereocenters. The van der Waals surface area contributed by atoms with E-state index in [4.69, 9.17) is 5.73 Å². The van der Waals surface area contributed by atoms with Crippen molar-refractivity contribution in [2.24, 2.45) is 5.73 Å². The van der Waals surface area contributed by atoms with Crippen LogP contribution >= 0.6 is 0 Å². The molecule has 1 saturated carbocycles. The van der Waals surface area contributed by atoms with Gasteiger partial charge in [-0.15, -0.1) is 5.10 Å². The Balaban J connectivity index is 2.08. The van der Waals surface area contributed by atoms with Gasteiger partial charge >= 0.3 is 0 Å². The molecule has 0 spiro atoms. The summed E-state index contributed by atoms with van der Waals surface area (Å²) in [5, 5.41) is 8.19. The Morgan fingerprint density at radius 3 is 3.00 bits per heavy atom. The van der Waals surface area contributed by atoms with Crippen LogP contribution in [0.4, 0.5) is 0 Å². The van der Waals surface area contributed by atoms with Gasteiger partial charge in [0, 0.05) is 12.2 Å². The molecule has 0 aliphatic heterocycles. The average molecular weight is 180 g/mol. The van der Waals surface area contributed by atoms with Crippen LogP contribution in [0.15, 0.2) is 6.20 Å². The zero-order chi connectivity index (χ0) is 9.26. The zero-order valence-corrected chi connectivity index (χ0v) is 7.98. The van der Waals surface area contributed by atoms with Crippen LogP contribution in [0.1, 0.15) is 37.9 Å². The third-order valence-electron chi connectivity index (χ3n) is 2.74. The molecular formula is C9H16N4. The van der Waals surface area contributed by atoms with Crippen LogP contribution < -0.4 is 5.73 Å². The van der Waals surface area contributed by atoms with E-state index in [0.29, 0.717) is 12.1 Å². The second-order valence-electron chi connectivity index (χ2n) is 3.77. The molecule has 2 rings (SSSR count). The van der Waals surface area contributed by atoms with Crippen LogP contribution in [0.25, 0.3) is 0 Å². The predicted molar refractivity (Wildman–Crippen MR) is 50.3 cm³/mol. The van der Waals surface area contributed by atoms with Crippen molar-refractivity contribution >= 4 is 0 Å². The minimum Gasteiger partial charge on any atom is -0.328 e. The second-order valence-corrected chi connectivity index (χ2v) is 3.77. The van der Waals surface area contributed by atoms with Gasteiger partial charge in [-0.2, -0.15) is 0 Å². The molecule has 0 unspecified atom stereocenters. The largest absolute Gasteiger partial charge is 0.328 e. The van der Waals surface area contributed by atoms with E-state index in [1.165, 1.54) is 0 Å². The van der Waals surface area contributed by atoms with Gasteiger partial charge in [-0.05, 0) is 25.7 Å². The molecule has 1 aromatic rings. The van der Waals surface area contributed by atoms with Crippen molar-refractivity contribution in [2.75, 3.05) is 0 Å². The van der Waals surface area contributed by atoms with Crippen LogP contribution in [0.5, 0.6) is 0 Å². The van der Waals surface area contributed by atoms with E-state index < -0.39 is 0 Å². The molecule has 0 radical (unpaired) electrons. The first-order valence-electron chi connectivity index (χ1n) is 4.96. The van der Waals surface area contributed by atoms with Gasteiger partial charge in [0.15, 0.2) is 0 Å². The van der Waals surface area contributed by atoms with Gasteiger partial charge in [0.1, 0.15) is 0 Å². The van der Waals surface area contributed by atoms with Crippen molar-refractivity contribution in [3.63, 3.8) is 0 Å². The predicted octanol–water partition coefficient (Wildman–Crippen LogP) is 0.893. The van der Waals surface area contributed by atoms with Gasteiger partial charge in [0.2, 0.25) is 0 Å². The third-order valence-corrected chi connectivity index (χ3v) is 2.74. The maximum Gasteiger partial charge on any atom is 0.0824 e. The quantitative estimate of drug-likeness (QED) is 0.735. The van der Waals surface area contributed by atoms with Crippen molar-refractivity contribution in [1.82, 2.24) is 15.0 Å². The minimum atomic E-state index is 0.360. The molecule has 1 aliphatic carbocycles. The maximum atomic E-state index is 5.84. The van der Waals surface area contributed by atoms with E-state index in [9.17, 15) is 0 Å². The van der Waals surface area contributed by atoms with Crippen molar-refractivity contribution in [2.45, 2.75) is 44.7 Å². The van der Waals surface area contributed by atoms with Gasteiger partial charge < -0.3 is 5.73 Å². The summed E-state index contributed by atoms with van der Waals surface area (Å²) >= 11 is 0. The number of aryl methyl sites for hydroxylation is 1. The molecule has 0 amide bonds. The number of hydrogen-bond acceptors (Lipinski definition) is 3. The Kier molecular flexibility index (Phi) is 2.31. The van der Waals surface area contributed by atoms with Crippen LogP contribution in [-0.2, 0) is 6.42 Å². The highest BCUT2D eigenvalue weighted by Crippen LogP contribution is 2.27. The van der Waals surface area contributed by atoms with E-state index >= 15 is 0 Å². The molecular weight excluding hydrogens is 164 g/mol. The Bertz CT molecular complexity index is 281. The molecule has 72 valence electrons. The van der Waals surface area contributed by atoms with E-state index in [1.54, 1.807) is 0 Å². The Labute approximate surface area is 78.1 Å². The van der Waals surface area contributed by atoms with Crippen LogP contribution in [0.3, 0.4) is 0 Å². The molecule has 4 heteroatoms. The van der Waals surface area contributed by atoms with Crippen molar-refractivity contribution in [3.05, 3.63) is 11.9 Å². The van der Waals surface area contributed by atoms with Gasteiger partial charge in [-0.25, -0.2) is 4.68 Å². The standard InChI is InChI=1S/C9H16N4/c1-2-8-6-13(12-11-8)9-4-3-7(10)5-9/h6-7,9H,2-5,10H2,1H3/t7-,9+/m0/s1. The molecule has 1 aliphatic rings. The lowest BCUT2D eigenvalue weighted by Crippen LogP contribution is -2.16. The van der Waals surface area contributed by atoms with E-state index in [0.717, 1.165) is 31.4 Å². The Morgan fingerprint density at radius 2 is 2.46 bits per heavy atom. The molecule has 0 saturated heterocycles. The fourth-order valence-corrected chi connectivity index (χ4v) is 1.89. The summed E-state index contributed by atoms with van der Waals surface area (Å²) < 4.78 is 1.98. The average Bonchev–Trinajstić information content (AvgIpc) is 2.71. The summed E-state index contributed by atoms with van der Waals surface area (Å²) in [5.41, 5.74) is 6.91. The summed E-state index contributed by atoms with van der Waals surface area (Å²) in [6, 6.07) is 0.849. The monoisotopic (exact) mass is 180 g/mol. The first kappa shape index (κ1) is 8.69. The minimum absolute atomic E-state index is 0.360. The molecule has 0 aromatic carbocycles. The lowest BCUT2D eigenvalue weighted by molar-refractivity contribution is 0.448. The van der Waals surface area contributed by atoms with E-state index in [-0.39, 0.29) is 0 Å². The molecule has 1 heterocycles. The molecule has 0 bridgehead atoms. The summed E-state index contributed by atoms with van der Waals surface area (Å²) in [6.07, 6.45) is 6.31. The molecule has 4 nitrogen and oxygen atoms in total. The van der Waals surface area contributed by atoms with Gasteiger partial charge in [0.05, 0.1) is 11.7 Å².